The zero-order chi connectivity index (χ0) is 23.9. The number of allylic oxidation sites excluding steroid dienone is 4. The number of nitriles is 2. The number of anilines is 1. The average molecular weight is 447 g/mol. The normalized spacial score (nSPS) is 12.7. The van der Waals surface area contributed by atoms with Gasteiger partial charge in [-0.1, -0.05) is 30.3 Å². The van der Waals surface area contributed by atoms with Gasteiger partial charge in [-0.15, -0.1) is 0 Å². The Morgan fingerprint density at radius 2 is 1.82 bits per heavy atom. The lowest BCUT2D eigenvalue weighted by atomic mass is 9.94. The van der Waals surface area contributed by atoms with E-state index in [0.29, 0.717) is 18.7 Å². The summed E-state index contributed by atoms with van der Waals surface area (Å²) in [5.41, 5.74) is 8.85. The Morgan fingerprint density at radius 1 is 1.00 bits per heavy atom. The molecule has 0 saturated heterocycles. The number of benzene rings is 2. The molecule has 0 atom stereocenters. The molecule has 2 aromatic carbocycles. The molecule has 0 fully saturated rings. The van der Waals surface area contributed by atoms with E-state index in [1.165, 1.54) is 11.1 Å². The first-order chi connectivity index (χ1) is 16.6. The van der Waals surface area contributed by atoms with E-state index < -0.39 is 0 Å². The number of hydrogen-bond donors (Lipinski definition) is 1. The highest BCUT2D eigenvalue weighted by molar-refractivity contribution is 5.70. The molecular formula is C29H26N4O. The molecule has 3 aromatic rings. The Hall–Kier alpha value is -4.35. The van der Waals surface area contributed by atoms with Gasteiger partial charge in [-0.3, -0.25) is 4.98 Å². The van der Waals surface area contributed by atoms with Crippen LogP contribution in [0.5, 0.6) is 5.75 Å². The summed E-state index contributed by atoms with van der Waals surface area (Å²) < 4.78 is 6.11. The average Bonchev–Trinajstić information content (AvgIpc) is 2.88. The van der Waals surface area contributed by atoms with Gasteiger partial charge in [-0.05, 0) is 84.9 Å². The van der Waals surface area contributed by atoms with E-state index in [1.807, 2.05) is 50.4 Å². The molecule has 34 heavy (non-hydrogen) atoms. The van der Waals surface area contributed by atoms with Crippen molar-refractivity contribution in [2.24, 2.45) is 0 Å². The van der Waals surface area contributed by atoms with Crippen LogP contribution < -0.4 is 10.1 Å². The number of aromatic nitrogens is 1. The van der Waals surface area contributed by atoms with Crippen molar-refractivity contribution in [3.63, 3.8) is 0 Å². The Balaban J connectivity index is 1.41. The molecule has 0 saturated carbocycles. The van der Waals surface area contributed by atoms with Gasteiger partial charge >= 0.3 is 0 Å². The van der Waals surface area contributed by atoms with Crippen molar-refractivity contribution in [1.82, 2.24) is 4.98 Å². The Labute approximate surface area is 200 Å². The molecule has 168 valence electrons. The van der Waals surface area contributed by atoms with Crippen molar-refractivity contribution in [2.45, 2.75) is 39.8 Å². The van der Waals surface area contributed by atoms with E-state index in [4.69, 9.17) is 15.3 Å². The summed E-state index contributed by atoms with van der Waals surface area (Å²) in [6, 6.07) is 20.2. The number of hydrogen-bond acceptors (Lipinski definition) is 5. The molecule has 1 aromatic heterocycles. The largest absolute Gasteiger partial charge is 0.487 e. The molecule has 5 heteroatoms. The third kappa shape index (κ3) is 5.34. The maximum Gasteiger partial charge on any atom is 0.144 e. The highest BCUT2D eigenvalue weighted by Gasteiger charge is 2.12. The van der Waals surface area contributed by atoms with Crippen molar-refractivity contribution in [2.75, 3.05) is 5.32 Å². The minimum atomic E-state index is 0.387. The van der Waals surface area contributed by atoms with Gasteiger partial charge in [0.25, 0.3) is 0 Å². The summed E-state index contributed by atoms with van der Waals surface area (Å²) in [6.45, 7) is 5.01. The highest BCUT2D eigenvalue weighted by Crippen LogP contribution is 2.28. The molecule has 0 bridgehead atoms. The topological polar surface area (TPSA) is 81.7 Å². The first kappa shape index (κ1) is 22.8. The first-order valence-corrected chi connectivity index (χ1v) is 11.3. The summed E-state index contributed by atoms with van der Waals surface area (Å²) in [4.78, 5) is 4.53. The quantitative estimate of drug-likeness (QED) is 0.455. The minimum absolute atomic E-state index is 0.387. The number of aryl methyl sites for hydroxylation is 1. The van der Waals surface area contributed by atoms with Gasteiger partial charge in [0.05, 0.1) is 23.4 Å². The van der Waals surface area contributed by atoms with E-state index in [-0.39, 0.29) is 0 Å². The second-order valence-electron chi connectivity index (χ2n) is 8.35. The maximum absolute atomic E-state index is 9.10. The van der Waals surface area contributed by atoms with Crippen LogP contribution in [0.3, 0.4) is 0 Å². The van der Waals surface area contributed by atoms with Crippen molar-refractivity contribution in [1.29, 1.82) is 10.5 Å². The number of pyridine rings is 1. The van der Waals surface area contributed by atoms with Crippen molar-refractivity contribution in [3.8, 4) is 17.9 Å². The molecule has 0 aliphatic heterocycles. The predicted molar refractivity (Wildman–Crippen MR) is 134 cm³/mol. The van der Waals surface area contributed by atoms with E-state index in [2.05, 4.69) is 46.7 Å². The zero-order valence-corrected chi connectivity index (χ0v) is 19.4. The van der Waals surface area contributed by atoms with Crippen molar-refractivity contribution in [3.05, 3.63) is 106 Å². The van der Waals surface area contributed by atoms with Gasteiger partial charge in [0.2, 0.25) is 0 Å². The fourth-order valence-corrected chi connectivity index (χ4v) is 3.99. The highest BCUT2D eigenvalue weighted by atomic mass is 16.5. The molecule has 5 nitrogen and oxygen atoms in total. The van der Waals surface area contributed by atoms with Crippen LogP contribution >= 0.6 is 0 Å². The molecule has 0 spiro atoms. The maximum atomic E-state index is 9.10. The van der Waals surface area contributed by atoms with Crippen molar-refractivity contribution >= 4 is 11.3 Å². The number of nitrogens with one attached hydrogen (secondary N) is 1. The molecule has 1 aliphatic rings. The minimum Gasteiger partial charge on any atom is -0.487 e. The predicted octanol–water partition coefficient (Wildman–Crippen LogP) is 6.39. The SMILES string of the molecule is Cc1ncc(CNc2ccc(C3=CC=C(C#N)CC3)cc2)c(C)c1OCc1cccc(C#N)c1. The van der Waals surface area contributed by atoms with E-state index >= 15 is 0 Å². The van der Waals surface area contributed by atoms with Gasteiger partial charge in [0, 0.05) is 24.0 Å². The third-order valence-electron chi connectivity index (χ3n) is 6.04. The number of ether oxygens (including phenoxy) is 1. The summed E-state index contributed by atoms with van der Waals surface area (Å²) in [5.74, 6) is 0.783. The van der Waals surface area contributed by atoms with Gasteiger partial charge < -0.3 is 10.1 Å². The first-order valence-electron chi connectivity index (χ1n) is 11.3. The summed E-state index contributed by atoms with van der Waals surface area (Å²) in [6.07, 6.45) is 7.54. The molecule has 1 heterocycles. The van der Waals surface area contributed by atoms with E-state index in [9.17, 15) is 0 Å². The lowest BCUT2D eigenvalue weighted by Gasteiger charge is -2.16. The third-order valence-corrected chi connectivity index (χ3v) is 6.04. The van der Waals surface area contributed by atoms with Crippen LogP contribution in [0.1, 0.15) is 46.4 Å². The van der Waals surface area contributed by atoms with Crippen LogP contribution in [0.25, 0.3) is 5.57 Å². The lowest BCUT2D eigenvalue weighted by molar-refractivity contribution is 0.300. The van der Waals surface area contributed by atoms with E-state index in [0.717, 1.165) is 52.2 Å². The molecule has 0 amide bonds. The molecule has 1 aliphatic carbocycles. The van der Waals surface area contributed by atoms with Gasteiger partial charge in [0.15, 0.2) is 0 Å². The zero-order valence-electron chi connectivity index (χ0n) is 19.4. The Morgan fingerprint density at radius 3 is 2.53 bits per heavy atom. The summed E-state index contributed by atoms with van der Waals surface area (Å²) >= 11 is 0. The Kier molecular flexibility index (Phi) is 7.06. The van der Waals surface area contributed by atoms with Crippen molar-refractivity contribution < 1.29 is 4.74 Å². The summed E-state index contributed by atoms with van der Waals surface area (Å²) in [5, 5.41) is 21.6. The molecule has 0 unspecified atom stereocenters. The second-order valence-corrected chi connectivity index (χ2v) is 8.35. The molecule has 0 radical (unpaired) electrons. The molecule has 4 rings (SSSR count). The standard InChI is InChI=1S/C29H26N4O/c1-20-27(17-32-21(2)29(20)34-19-24-5-3-4-23(14-24)16-31)18-33-28-12-10-26(11-13-28)25-8-6-22(15-30)7-9-25/h3-6,8,10-14,17,33H,7,9,18-19H2,1-2H3. The monoisotopic (exact) mass is 446 g/mol. The van der Waals surface area contributed by atoms with Crippen LogP contribution in [-0.4, -0.2) is 4.98 Å². The fraction of sp³-hybridized carbons (Fsp3) is 0.207. The van der Waals surface area contributed by atoms with Gasteiger partial charge in [-0.2, -0.15) is 10.5 Å². The Bertz CT molecular complexity index is 1340. The van der Waals surface area contributed by atoms with Crippen LogP contribution in [0, 0.1) is 36.5 Å². The van der Waals surface area contributed by atoms with Gasteiger partial charge in [0.1, 0.15) is 12.4 Å². The van der Waals surface area contributed by atoms with Crippen LogP contribution in [0.4, 0.5) is 5.69 Å². The number of rotatable bonds is 7. The lowest BCUT2D eigenvalue weighted by Crippen LogP contribution is -2.06. The fourth-order valence-electron chi connectivity index (χ4n) is 3.99. The van der Waals surface area contributed by atoms with Crippen LogP contribution in [0.2, 0.25) is 0 Å². The molecular weight excluding hydrogens is 420 g/mol. The van der Waals surface area contributed by atoms with E-state index in [1.54, 1.807) is 6.07 Å². The second kappa shape index (κ2) is 10.5. The smallest absolute Gasteiger partial charge is 0.144 e. The molecule has 1 N–H and O–H groups in total. The number of nitrogens with zero attached hydrogens (tertiary/aromatic N) is 3. The van der Waals surface area contributed by atoms with Crippen LogP contribution in [-0.2, 0) is 13.2 Å². The van der Waals surface area contributed by atoms with Crippen LogP contribution in [0.15, 0.2) is 72.5 Å². The van der Waals surface area contributed by atoms with Gasteiger partial charge in [-0.25, -0.2) is 0 Å². The summed E-state index contributed by atoms with van der Waals surface area (Å²) in [7, 11) is 0.